The minimum absolute atomic E-state index is 0.215. The maximum atomic E-state index is 12.9. The second-order valence-electron chi connectivity index (χ2n) is 6.59. The Hall–Kier alpha value is -2.51. The van der Waals surface area contributed by atoms with Crippen LogP contribution in [0.3, 0.4) is 0 Å². The summed E-state index contributed by atoms with van der Waals surface area (Å²) in [7, 11) is 1.58. The molecule has 7 heteroatoms. The molecule has 0 aliphatic heterocycles. The third-order valence-electron chi connectivity index (χ3n) is 4.81. The number of aryl methyl sites for hydroxylation is 2. The Morgan fingerprint density at radius 2 is 2.14 bits per heavy atom. The summed E-state index contributed by atoms with van der Waals surface area (Å²) in [5.41, 5.74) is 2.95. The van der Waals surface area contributed by atoms with E-state index < -0.39 is 0 Å². The molecule has 0 bridgehead atoms. The fourth-order valence-corrected chi connectivity index (χ4v) is 4.75. The molecule has 150 valence electrons. The average Bonchev–Trinajstić information content (AvgIpc) is 3.32. The maximum Gasteiger partial charge on any atom is 0.315 e. The van der Waals surface area contributed by atoms with Crippen molar-refractivity contribution in [2.75, 3.05) is 19.1 Å². The molecule has 5 nitrogen and oxygen atoms in total. The Balaban J connectivity index is 1.81. The van der Waals surface area contributed by atoms with Crippen LogP contribution in [0, 0.1) is 0 Å². The van der Waals surface area contributed by atoms with Crippen LogP contribution >= 0.6 is 23.1 Å². The van der Waals surface area contributed by atoms with Gasteiger partial charge in [-0.3, -0.25) is 4.79 Å². The van der Waals surface area contributed by atoms with Gasteiger partial charge in [0.15, 0.2) is 21.9 Å². The molecule has 0 unspecified atom stereocenters. The van der Waals surface area contributed by atoms with Gasteiger partial charge >= 0.3 is 5.91 Å². The smallest absolute Gasteiger partial charge is 0.315 e. The fraction of sp³-hybridized carbons (Fsp3) is 0.273. The number of amides is 1. The molecule has 0 radical (unpaired) electrons. The van der Waals surface area contributed by atoms with Crippen LogP contribution in [0.15, 0.2) is 51.9 Å². The quantitative estimate of drug-likeness (QED) is 0.429. The molecular formula is C22H22N2O3S2. The van der Waals surface area contributed by atoms with Gasteiger partial charge in [0.25, 0.3) is 0 Å². The monoisotopic (exact) mass is 426 g/mol. The summed E-state index contributed by atoms with van der Waals surface area (Å²) in [6.07, 6.45) is 3.05. The van der Waals surface area contributed by atoms with Gasteiger partial charge in [0.2, 0.25) is 0 Å². The number of para-hydroxylation sites is 1. The second-order valence-corrected chi connectivity index (χ2v) is 8.59. The second kappa shape index (κ2) is 8.47. The number of hydrogen-bond acceptors (Lipinski definition) is 5. The average molecular weight is 427 g/mol. The topological polar surface area (TPSA) is 56.7 Å². The number of nitrogens with zero attached hydrogens (tertiary/aromatic N) is 2. The normalized spacial score (nSPS) is 12.2. The maximum absolute atomic E-state index is 12.9. The number of ether oxygens (including phenoxy) is 1. The number of carbonyl (C=O) groups is 1. The Morgan fingerprint density at radius 1 is 1.28 bits per heavy atom. The van der Waals surface area contributed by atoms with Crippen molar-refractivity contribution >= 4 is 50.2 Å². The minimum atomic E-state index is -0.386. The first-order valence-corrected chi connectivity index (χ1v) is 11.6. The lowest BCUT2D eigenvalue weighted by Gasteiger charge is -2.04. The van der Waals surface area contributed by atoms with E-state index in [0.717, 1.165) is 34.3 Å². The van der Waals surface area contributed by atoms with Crippen molar-refractivity contribution in [1.29, 1.82) is 0 Å². The summed E-state index contributed by atoms with van der Waals surface area (Å²) in [5.74, 6) is 1.38. The largest absolute Gasteiger partial charge is 0.493 e. The van der Waals surface area contributed by atoms with Crippen LogP contribution in [0.4, 0.5) is 0 Å². The van der Waals surface area contributed by atoms with Gasteiger partial charge in [-0.05, 0) is 42.5 Å². The molecule has 2 heterocycles. The highest BCUT2D eigenvalue weighted by molar-refractivity contribution is 7.98. The molecule has 0 saturated carbocycles. The van der Waals surface area contributed by atoms with E-state index in [4.69, 9.17) is 9.15 Å². The lowest BCUT2D eigenvalue weighted by atomic mass is 10.2. The molecule has 4 aromatic rings. The van der Waals surface area contributed by atoms with E-state index >= 15 is 0 Å². The Bertz CT molecular complexity index is 1250. The Labute approximate surface area is 177 Å². The highest BCUT2D eigenvalue weighted by Crippen LogP contribution is 2.28. The minimum Gasteiger partial charge on any atom is -0.493 e. The third-order valence-corrected chi connectivity index (χ3v) is 6.44. The molecule has 0 spiro atoms. The summed E-state index contributed by atoms with van der Waals surface area (Å²) in [4.78, 5) is 18.0. The predicted molar refractivity (Wildman–Crippen MR) is 120 cm³/mol. The van der Waals surface area contributed by atoms with Gasteiger partial charge in [-0.2, -0.15) is 16.8 Å². The van der Waals surface area contributed by atoms with Gasteiger partial charge in [-0.15, -0.1) is 0 Å². The molecule has 29 heavy (non-hydrogen) atoms. The number of aromatic nitrogens is 1. The molecule has 1 amide bonds. The van der Waals surface area contributed by atoms with Crippen molar-refractivity contribution in [2.24, 2.45) is 4.99 Å². The van der Waals surface area contributed by atoms with E-state index in [0.29, 0.717) is 16.1 Å². The molecule has 2 aromatic carbocycles. The van der Waals surface area contributed by atoms with Crippen LogP contribution in [-0.2, 0) is 13.0 Å². The molecule has 0 fully saturated rings. The first-order valence-electron chi connectivity index (χ1n) is 9.41. The summed E-state index contributed by atoms with van der Waals surface area (Å²) in [6.45, 7) is 2.94. The standard InChI is InChI=1S/C22H22N2O3S2/c1-4-14-8-9-16-19(12-14)29-22(24(16)10-11-28-3)23-21(25)18-13-15-6-5-7-17(26-2)20(15)27-18/h5-9,12-13H,4,10-11H2,1-3H3. The van der Waals surface area contributed by atoms with Crippen LogP contribution in [0.1, 0.15) is 23.0 Å². The fourth-order valence-electron chi connectivity index (χ4n) is 3.27. The van der Waals surface area contributed by atoms with Gasteiger partial charge in [0.05, 0.1) is 17.3 Å². The van der Waals surface area contributed by atoms with Gasteiger partial charge in [0, 0.05) is 17.7 Å². The molecule has 0 atom stereocenters. The first-order chi connectivity index (χ1) is 14.1. The van der Waals surface area contributed by atoms with Gasteiger partial charge in [0.1, 0.15) is 0 Å². The molecule has 0 saturated heterocycles. The molecule has 4 rings (SSSR count). The third kappa shape index (κ3) is 3.84. The van der Waals surface area contributed by atoms with Crippen LogP contribution in [0.2, 0.25) is 0 Å². The van der Waals surface area contributed by atoms with Crippen molar-refractivity contribution in [3.05, 3.63) is 58.6 Å². The molecule has 2 aromatic heterocycles. The zero-order valence-electron chi connectivity index (χ0n) is 16.6. The highest BCUT2D eigenvalue weighted by atomic mass is 32.2. The van der Waals surface area contributed by atoms with Crippen molar-refractivity contribution in [2.45, 2.75) is 19.9 Å². The van der Waals surface area contributed by atoms with E-state index in [1.165, 1.54) is 5.56 Å². The van der Waals surface area contributed by atoms with E-state index in [2.05, 4.69) is 40.9 Å². The van der Waals surface area contributed by atoms with Crippen molar-refractivity contribution in [3.8, 4) is 5.75 Å². The van der Waals surface area contributed by atoms with Crippen molar-refractivity contribution in [1.82, 2.24) is 4.57 Å². The van der Waals surface area contributed by atoms with Crippen molar-refractivity contribution in [3.63, 3.8) is 0 Å². The number of carbonyl (C=O) groups excluding carboxylic acids is 1. The zero-order valence-corrected chi connectivity index (χ0v) is 18.2. The van der Waals surface area contributed by atoms with Gasteiger partial charge in [-0.1, -0.05) is 36.5 Å². The lowest BCUT2D eigenvalue weighted by molar-refractivity contribution is 0.0973. The number of thiazole rings is 1. The van der Waals surface area contributed by atoms with E-state index in [1.807, 2.05) is 18.2 Å². The lowest BCUT2D eigenvalue weighted by Crippen LogP contribution is -2.18. The summed E-state index contributed by atoms with van der Waals surface area (Å²) in [5, 5.41) is 0.821. The van der Waals surface area contributed by atoms with E-state index in [9.17, 15) is 4.79 Å². The van der Waals surface area contributed by atoms with Gasteiger partial charge in [-0.25, -0.2) is 0 Å². The number of benzene rings is 2. The number of thioether (sulfide) groups is 1. The van der Waals surface area contributed by atoms with E-state index in [-0.39, 0.29) is 11.7 Å². The summed E-state index contributed by atoms with van der Waals surface area (Å²) < 4.78 is 14.4. The van der Waals surface area contributed by atoms with Crippen LogP contribution in [0.5, 0.6) is 5.75 Å². The molecule has 0 aliphatic carbocycles. The van der Waals surface area contributed by atoms with Crippen LogP contribution in [0.25, 0.3) is 21.2 Å². The number of methoxy groups -OCH3 is 1. The first kappa shape index (κ1) is 19.8. The number of fused-ring (bicyclic) bond motifs is 2. The van der Waals surface area contributed by atoms with Crippen molar-refractivity contribution < 1.29 is 13.9 Å². The number of furan rings is 1. The zero-order chi connectivity index (χ0) is 20.4. The van der Waals surface area contributed by atoms with E-state index in [1.54, 1.807) is 36.3 Å². The molecule has 0 aliphatic rings. The Morgan fingerprint density at radius 3 is 2.90 bits per heavy atom. The number of hydrogen-bond donors (Lipinski definition) is 0. The SMILES string of the molecule is CCc1ccc2c(c1)sc(=NC(=O)c1cc3cccc(OC)c3o1)n2CCSC. The number of rotatable bonds is 6. The summed E-state index contributed by atoms with van der Waals surface area (Å²) >= 11 is 3.31. The molecule has 0 N–H and O–H groups in total. The van der Waals surface area contributed by atoms with Gasteiger partial charge < -0.3 is 13.7 Å². The molecular weight excluding hydrogens is 404 g/mol. The highest BCUT2D eigenvalue weighted by Gasteiger charge is 2.15. The summed E-state index contributed by atoms with van der Waals surface area (Å²) in [6, 6.07) is 13.7. The van der Waals surface area contributed by atoms with Crippen LogP contribution in [-0.4, -0.2) is 29.6 Å². The predicted octanol–water partition coefficient (Wildman–Crippen LogP) is 5.12. The Kier molecular flexibility index (Phi) is 5.78. The van der Waals surface area contributed by atoms with Crippen LogP contribution < -0.4 is 9.54 Å².